The molecular weight excluding hydrogens is 156 g/mol. The smallest absolute Gasteiger partial charge is 0.0609 e. The van der Waals surface area contributed by atoms with Crippen molar-refractivity contribution in [2.24, 2.45) is 5.73 Å². The summed E-state index contributed by atoms with van der Waals surface area (Å²) in [5, 5.41) is 4.14. The molecule has 0 aliphatic rings. The summed E-state index contributed by atoms with van der Waals surface area (Å²) in [4.78, 5) is 0. The van der Waals surface area contributed by atoms with Crippen molar-refractivity contribution >= 4 is 11.8 Å². The number of rotatable bonds is 4. The minimum atomic E-state index is 0.264. The molecule has 3 N–H and O–H groups in total. The molecule has 1 atom stereocenters. The van der Waals surface area contributed by atoms with E-state index >= 15 is 0 Å². The van der Waals surface area contributed by atoms with E-state index in [4.69, 9.17) is 5.73 Å². The van der Waals surface area contributed by atoms with E-state index in [1.54, 1.807) is 11.8 Å². The van der Waals surface area contributed by atoms with Crippen molar-refractivity contribution in [2.75, 3.05) is 6.26 Å². The third kappa shape index (κ3) is 5.85. The first-order valence-electron chi connectivity index (χ1n) is 3.49. The summed E-state index contributed by atoms with van der Waals surface area (Å²) in [6.45, 7) is 7.72. The van der Waals surface area contributed by atoms with E-state index in [0.717, 1.165) is 10.7 Å². The molecule has 11 heavy (non-hydrogen) atoms. The second-order valence-electron chi connectivity index (χ2n) is 2.47. The molecule has 0 aromatic carbocycles. The van der Waals surface area contributed by atoms with Gasteiger partial charge in [0.05, 0.1) is 5.03 Å². The van der Waals surface area contributed by atoms with Crippen LogP contribution in [0.5, 0.6) is 0 Å². The number of hydrogen-bond donors (Lipinski definition) is 2. The van der Waals surface area contributed by atoms with Crippen LogP contribution in [0.25, 0.3) is 0 Å². The fraction of sp³-hybridized carbons (Fsp3) is 0.500. The average Bonchev–Trinajstić information content (AvgIpc) is 1.85. The molecule has 0 aliphatic carbocycles. The van der Waals surface area contributed by atoms with E-state index in [2.05, 4.69) is 11.9 Å². The zero-order valence-electron chi connectivity index (χ0n) is 7.35. The van der Waals surface area contributed by atoms with Gasteiger partial charge in [-0.05, 0) is 26.2 Å². The largest absolute Gasteiger partial charge is 0.402 e. The molecule has 0 saturated heterocycles. The van der Waals surface area contributed by atoms with Crippen molar-refractivity contribution in [3.8, 4) is 0 Å². The SMILES string of the molecule is C=C(NC(C)/C=C(/C)N)SC. The third-order valence-corrected chi connectivity index (χ3v) is 1.76. The standard InChI is InChI=1S/C8H16N2S/c1-6(9)5-7(2)10-8(3)11-4/h5,7,10H,3,9H2,1-2,4H3/b6-5-. The van der Waals surface area contributed by atoms with Crippen LogP contribution in [0, 0.1) is 0 Å². The summed E-state index contributed by atoms with van der Waals surface area (Å²) in [6.07, 6.45) is 3.95. The molecule has 0 heterocycles. The van der Waals surface area contributed by atoms with Crippen LogP contribution in [0.4, 0.5) is 0 Å². The van der Waals surface area contributed by atoms with Gasteiger partial charge in [-0.3, -0.25) is 0 Å². The average molecular weight is 172 g/mol. The predicted octanol–water partition coefficient (Wildman–Crippen LogP) is 1.66. The quantitative estimate of drug-likeness (QED) is 0.677. The van der Waals surface area contributed by atoms with Crippen molar-refractivity contribution in [3.63, 3.8) is 0 Å². The Morgan fingerprint density at radius 1 is 1.73 bits per heavy atom. The Morgan fingerprint density at radius 3 is 2.64 bits per heavy atom. The molecular formula is C8H16N2S. The highest BCUT2D eigenvalue weighted by Crippen LogP contribution is 2.05. The van der Waals surface area contributed by atoms with Gasteiger partial charge in [0, 0.05) is 11.7 Å². The highest BCUT2D eigenvalue weighted by molar-refractivity contribution is 8.02. The molecule has 0 rings (SSSR count). The predicted molar refractivity (Wildman–Crippen MR) is 53.2 cm³/mol. The molecule has 3 heteroatoms. The fourth-order valence-electron chi connectivity index (χ4n) is 0.749. The van der Waals surface area contributed by atoms with Crippen molar-refractivity contribution in [3.05, 3.63) is 23.4 Å². The van der Waals surface area contributed by atoms with Crippen LogP contribution in [-0.2, 0) is 0 Å². The molecule has 0 saturated carbocycles. The maximum absolute atomic E-state index is 5.50. The Kier molecular flexibility index (Phi) is 4.86. The number of thioether (sulfide) groups is 1. The molecule has 0 spiro atoms. The molecule has 0 bridgehead atoms. The lowest BCUT2D eigenvalue weighted by Gasteiger charge is -2.11. The molecule has 0 aromatic heterocycles. The topological polar surface area (TPSA) is 38.0 Å². The molecule has 64 valence electrons. The van der Waals surface area contributed by atoms with Gasteiger partial charge < -0.3 is 11.1 Å². The Balaban J connectivity index is 3.78. The van der Waals surface area contributed by atoms with Gasteiger partial charge in [0.15, 0.2) is 0 Å². The lowest BCUT2D eigenvalue weighted by atomic mass is 10.3. The van der Waals surface area contributed by atoms with Crippen molar-refractivity contribution in [1.82, 2.24) is 5.32 Å². The molecule has 0 aromatic rings. The van der Waals surface area contributed by atoms with Gasteiger partial charge in [-0.15, -0.1) is 11.8 Å². The monoisotopic (exact) mass is 172 g/mol. The Bertz CT molecular complexity index is 159. The van der Waals surface area contributed by atoms with Gasteiger partial charge in [0.25, 0.3) is 0 Å². The van der Waals surface area contributed by atoms with E-state index < -0.39 is 0 Å². The Labute approximate surface area is 72.9 Å². The highest BCUT2D eigenvalue weighted by Gasteiger charge is 1.96. The Hall–Kier alpha value is -0.570. The molecule has 0 amide bonds. The highest BCUT2D eigenvalue weighted by atomic mass is 32.2. The van der Waals surface area contributed by atoms with E-state index in [1.165, 1.54) is 0 Å². The first kappa shape index (κ1) is 10.4. The maximum atomic E-state index is 5.50. The van der Waals surface area contributed by atoms with E-state index in [-0.39, 0.29) is 6.04 Å². The zero-order valence-corrected chi connectivity index (χ0v) is 8.16. The van der Waals surface area contributed by atoms with E-state index in [9.17, 15) is 0 Å². The zero-order chi connectivity index (χ0) is 8.85. The minimum absolute atomic E-state index is 0.264. The number of nitrogens with two attached hydrogens (primary N) is 1. The minimum Gasteiger partial charge on any atom is -0.402 e. The molecule has 0 radical (unpaired) electrons. The van der Waals surface area contributed by atoms with Gasteiger partial charge in [-0.2, -0.15) is 0 Å². The fourth-order valence-corrected chi connectivity index (χ4v) is 1.05. The van der Waals surface area contributed by atoms with Crippen LogP contribution in [0.1, 0.15) is 13.8 Å². The molecule has 1 unspecified atom stereocenters. The van der Waals surface area contributed by atoms with Crippen LogP contribution < -0.4 is 11.1 Å². The van der Waals surface area contributed by atoms with Crippen molar-refractivity contribution < 1.29 is 0 Å². The number of allylic oxidation sites excluding steroid dienone is 1. The van der Waals surface area contributed by atoms with E-state index in [0.29, 0.717) is 0 Å². The first-order chi connectivity index (χ1) is 5.06. The van der Waals surface area contributed by atoms with Crippen molar-refractivity contribution in [1.29, 1.82) is 0 Å². The second kappa shape index (κ2) is 5.13. The maximum Gasteiger partial charge on any atom is 0.0609 e. The van der Waals surface area contributed by atoms with Crippen molar-refractivity contribution in [2.45, 2.75) is 19.9 Å². The van der Waals surface area contributed by atoms with Crippen LogP contribution in [0.15, 0.2) is 23.4 Å². The van der Waals surface area contributed by atoms with Crippen LogP contribution in [0.2, 0.25) is 0 Å². The molecule has 0 fully saturated rings. The van der Waals surface area contributed by atoms with Gasteiger partial charge >= 0.3 is 0 Å². The summed E-state index contributed by atoms with van der Waals surface area (Å²) < 4.78 is 0. The lowest BCUT2D eigenvalue weighted by Crippen LogP contribution is -2.22. The lowest BCUT2D eigenvalue weighted by molar-refractivity contribution is 0.755. The van der Waals surface area contributed by atoms with Gasteiger partial charge in [0.2, 0.25) is 0 Å². The summed E-state index contributed by atoms with van der Waals surface area (Å²) in [6, 6.07) is 0.264. The summed E-state index contributed by atoms with van der Waals surface area (Å²) >= 11 is 1.60. The van der Waals surface area contributed by atoms with Gasteiger partial charge in [-0.1, -0.05) is 6.58 Å². The van der Waals surface area contributed by atoms with Gasteiger partial charge in [-0.25, -0.2) is 0 Å². The van der Waals surface area contributed by atoms with Crippen LogP contribution in [0.3, 0.4) is 0 Å². The Morgan fingerprint density at radius 2 is 2.27 bits per heavy atom. The summed E-state index contributed by atoms with van der Waals surface area (Å²) in [7, 11) is 0. The normalized spacial score (nSPS) is 14.3. The number of hydrogen-bond acceptors (Lipinski definition) is 3. The summed E-state index contributed by atoms with van der Waals surface area (Å²) in [5.74, 6) is 0. The third-order valence-electron chi connectivity index (χ3n) is 1.15. The number of nitrogens with one attached hydrogen (secondary N) is 1. The molecule has 0 aliphatic heterocycles. The second-order valence-corrected chi connectivity index (χ2v) is 3.37. The van der Waals surface area contributed by atoms with E-state index in [1.807, 2.05) is 26.2 Å². The van der Waals surface area contributed by atoms with Crippen LogP contribution in [-0.4, -0.2) is 12.3 Å². The molecule has 2 nitrogen and oxygen atoms in total. The van der Waals surface area contributed by atoms with Gasteiger partial charge in [0.1, 0.15) is 0 Å². The van der Waals surface area contributed by atoms with Crippen LogP contribution >= 0.6 is 11.8 Å². The summed E-state index contributed by atoms with van der Waals surface area (Å²) in [5.41, 5.74) is 6.33. The first-order valence-corrected chi connectivity index (χ1v) is 4.72.